The standard InChI is InChI=1S/C17H13Cl2NO3/c1-2-23-15-7-9(6-13(19)16(15)21)5-12-11-4-3-10(18)8-14(11)20-17(12)22/h3-8,21H,2H2,1H3,(H,20,22)/b12-5+. The fraction of sp³-hybridized carbons (Fsp3) is 0.118. The van der Waals surface area contributed by atoms with Crippen LogP contribution in [0.25, 0.3) is 11.6 Å². The van der Waals surface area contributed by atoms with Crippen molar-refractivity contribution in [2.75, 3.05) is 11.9 Å². The highest BCUT2D eigenvalue weighted by atomic mass is 35.5. The zero-order valence-electron chi connectivity index (χ0n) is 12.2. The van der Waals surface area contributed by atoms with Gasteiger partial charge in [0.05, 0.1) is 17.3 Å². The Balaban J connectivity index is 2.07. The van der Waals surface area contributed by atoms with Gasteiger partial charge in [0.15, 0.2) is 11.5 Å². The van der Waals surface area contributed by atoms with E-state index in [4.69, 9.17) is 27.9 Å². The van der Waals surface area contributed by atoms with E-state index in [1.807, 2.05) is 6.92 Å². The Morgan fingerprint density at radius 3 is 2.78 bits per heavy atom. The Labute approximate surface area is 143 Å². The molecule has 0 unspecified atom stereocenters. The van der Waals surface area contributed by atoms with E-state index in [-0.39, 0.29) is 22.4 Å². The summed E-state index contributed by atoms with van der Waals surface area (Å²) in [5.41, 5.74) is 2.59. The number of fused-ring (bicyclic) bond motifs is 1. The molecule has 0 aliphatic carbocycles. The molecule has 3 rings (SSSR count). The number of rotatable bonds is 3. The van der Waals surface area contributed by atoms with Crippen molar-refractivity contribution in [1.82, 2.24) is 0 Å². The number of carbonyl (C=O) groups excluding carboxylic acids is 1. The number of carbonyl (C=O) groups is 1. The SMILES string of the molecule is CCOc1cc(/C=C2/C(=O)Nc3cc(Cl)ccc32)cc(Cl)c1O. The maximum Gasteiger partial charge on any atom is 0.256 e. The molecule has 2 aromatic carbocycles. The average molecular weight is 350 g/mol. The molecule has 2 N–H and O–H groups in total. The fourth-order valence-corrected chi connectivity index (χ4v) is 2.81. The topological polar surface area (TPSA) is 58.6 Å². The number of ether oxygens (including phenoxy) is 1. The summed E-state index contributed by atoms with van der Waals surface area (Å²) < 4.78 is 5.35. The molecule has 0 saturated heterocycles. The van der Waals surface area contributed by atoms with Gasteiger partial charge in [-0.05, 0) is 42.8 Å². The third kappa shape index (κ3) is 3.00. The minimum Gasteiger partial charge on any atom is -0.503 e. The van der Waals surface area contributed by atoms with Crippen LogP contribution in [0.15, 0.2) is 30.3 Å². The van der Waals surface area contributed by atoms with Crippen LogP contribution in [0.2, 0.25) is 10.0 Å². The lowest BCUT2D eigenvalue weighted by molar-refractivity contribution is -0.110. The molecule has 1 amide bonds. The first-order valence-corrected chi connectivity index (χ1v) is 7.73. The molecule has 118 valence electrons. The smallest absolute Gasteiger partial charge is 0.256 e. The summed E-state index contributed by atoms with van der Waals surface area (Å²) in [6.45, 7) is 2.20. The van der Waals surface area contributed by atoms with Gasteiger partial charge in [-0.1, -0.05) is 29.3 Å². The predicted molar refractivity (Wildman–Crippen MR) is 92.2 cm³/mol. The number of halogens is 2. The Morgan fingerprint density at radius 2 is 2.04 bits per heavy atom. The van der Waals surface area contributed by atoms with Crippen LogP contribution in [0.1, 0.15) is 18.1 Å². The number of hydrogen-bond donors (Lipinski definition) is 2. The highest BCUT2D eigenvalue weighted by molar-refractivity contribution is 6.37. The van der Waals surface area contributed by atoms with Gasteiger partial charge < -0.3 is 15.2 Å². The van der Waals surface area contributed by atoms with E-state index in [9.17, 15) is 9.90 Å². The Hall–Kier alpha value is -2.17. The van der Waals surface area contributed by atoms with Crippen molar-refractivity contribution < 1.29 is 14.6 Å². The lowest BCUT2D eigenvalue weighted by atomic mass is 10.0. The molecule has 0 fully saturated rings. The first-order valence-electron chi connectivity index (χ1n) is 6.98. The number of anilines is 1. The molecule has 6 heteroatoms. The van der Waals surface area contributed by atoms with Crippen molar-refractivity contribution in [3.05, 3.63) is 51.5 Å². The van der Waals surface area contributed by atoms with Crippen molar-refractivity contribution in [3.8, 4) is 11.5 Å². The molecular weight excluding hydrogens is 337 g/mol. The first-order chi connectivity index (χ1) is 11.0. The summed E-state index contributed by atoms with van der Waals surface area (Å²) in [5.74, 6) is -0.0512. The molecular formula is C17H13Cl2NO3. The predicted octanol–water partition coefficient (Wildman–Crippen LogP) is 4.59. The molecule has 1 heterocycles. The number of hydrogen-bond acceptors (Lipinski definition) is 3. The summed E-state index contributed by atoms with van der Waals surface area (Å²) in [5, 5.41) is 13.4. The third-order valence-corrected chi connectivity index (χ3v) is 3.95. The van der Waals surface area contributed by atoms with Gasteiger partial charge in [0, 0.05) is 16.2 Å². The number of amides is 1. The van der Waals surface area contributed by atoms with Gasteiger partial charge in [0.1, 0.15) is 0 Å². The minimum atomic E-state index is -0.218. The maximum atomic E-state index is 12.2. The van der Waals surface area contributed by atoms with Crippen LogP contribution in [-0.2, 0) is 4.79 Å². The van der Waals surface area contributed by atoms with Crippen molar-refractivity contribution >= 4 is 46.4 Å². The highest BCUT2D eigenvalue weighted by Crippen LogP contribution is 2.38. The molecule has 2 aromatic rings. The van der Waals surface area contributed by atoms with E-state index in [0.29, 0.717) is 28.5 Å². The van der Waals surface area contributed by atoms with Crippen LogP contribution in [0.5, 0.6) is 11.5 Å². The monoisotopic (exact) mass is 349 g/mol. The number of nitrogens with one attached hydrogen (secondary N) is 1. The van der Waals surface area contributed by atoms with Gasteiger partial charge in [-0.25, -0.2) is 0 Å². The zero-order valence-corrected chi connectivity index (χ0v) is 13.7. The fourth-order valence-electron chi connectivity index (χ4n) is 2.42. The lowest BCUT2D eigenvalue weighted by Gasteiger charge is -2.09. The van der Waals surface area contributed by atoms with Gasteiger partial charge in [-0.2, -0.15) is 0 Å². The van der Waals surface area contributed by atoms with Crippen LogP contribution < -0.4 is 10.1 Å². The normalized spacial score (nSPS) is 14.7. The second kappa shape index (κ2) is 6.14. The molecule has 0 bridgehead atoms. The van der Waals surface area contributed by atoms with Gasteiger partial charge >= 0.3 is 0 Å². The second-order valence-corrected chi connectivity index (χ2v) is 5.83. The van der Waals surface area contributed by atoms with E-state index in [1.165, 1.54) is 0 Å². The molecule has 0 atom stereocenters. The van der Waals surface area contributed by atoms with Gasteiger partial charge in [0.2, 0.25) is 0 Å². The van der Waals surface area contributed by atoms with Crippen LogP contribution in [0, 0.1) is 0 Å². The van der Waals surface area contributed by atoms with Crippen molar-refractivity contribution in [1.29, 1.82) is 0 Å². The summed E-state index contributed by atoms with van der Waals surface area (Å²) >= 11 is 12.0. The quantitative estimate of drug-likeness (QED) is 0.796. The van der Waals surface area contributed by atoms with Gasteiger partial charge in [-0.3, -0.25) is 4.79 Å². The molecule has 0 aromatic heterocycles. The van der Waals surface area contributed by atoms with E-state index in [2.05, 4.69) is 5.32 Å². The number of phenolic OH excluding ortho intramolecular Hbond substituents is 1. The molecule has 1 aliphatic rings. The summed E-state index contributed by atoms with van der Waals surface area (Å²) in [7, 11) is 0. The third-order valence-electron chi connectivity index (χ3n) is 3.43. The van der Waals surface area contributed by atoms with Crippen molar-refractivity contribution in [2.45, 2.75) is 6.92 Å². The Morgan fingerprint density at radius 1 is 1.26 bits per heavy atom. The largest absolute Gasteiger partial charge is 0.503 e. The highest BCUT2D eigenvalue weighted by Gasteiger charge is 2.24. The Bertz CT molecular complexity index is 831. The first kappa shape index (κ1) is 15.7. The van der Waals surface area contributed by atoms with Crippen LogP contribution in [-0.4, -0.2) is 17.6 Å². The number of phenols is 1. The molecule has 0 radical (unpaired) electrons. The van der Waals surface area contributed by atoms with Crippen LogP contribution >= 0.6 is 23.2 Å². The lowest BCUT2D eigenvalue weighted by Crippen LogP contribution is -2.03. The van der Waals surface area contributed by atoms with Crippen molar-refractivity contribution in [2.24, 2.45) is 0 Å². The van der Waals surface area contributed by atoms with Crippen LogP contribution in [0.3, 0.4) is 0 Å². The molecule has 0 spiro atoms. The summed E-state index contributed by atoms with van der Waals surface area (Å²) in [6, 6.07) is 8.42. The Kier molecular flexibility index (Phi) is 4.20. The van der Waals surface area contributed by atoms with Crippen molar-refractivity contribution in [3.63, 3.8) is 0 Å². The molecule has 0 saturated carbocycles. The maximum absolute atomic E-state index is 12.2. The van der Waals surface area contributed by atoms with E-state index < -0.39 is 0 Å². The molecule has 4 nitrogen and oxygen atoms in total. The van der Waals surface area contributed by atoms with E-state index >= 15 is 0 Å². The average Bonchev–Trinajstić information content (AvgIpc) is 2.79. The van der Waals surface area contributed by atoms with Gasteiger partial charge in [0.25, 0.3) is 5.91 Å². The number of benzene rings is 2. The van der Waals surface area contributed by atoms with Gasteiger partial charge in [-0.15, -0.1) is 0 Å². The van der Waals surface area contributed by atoms with Crippen LogP contribution in [0.4, 0.5) is 5.69 Å². The zero-order chi connectivity index (χ0) is 16.6. The molecule has 23 heavy (non-hydrogen) atoms. The second-order valence-electron chi connectivity index (χ2n) is 4.98. The molecule has 1 aliphatic heterocycles. The summed E-state index contributed by atoms with van der Waals surface area (Å²) in [4.78, 5) is 12.2. The van der Waals surface area contributed by atoms with E-state index in [0.717, 1.165) is 5.56 Å². The minimum absolute atomic E-state index is 0.112. The number of aromatic hydroxyl groups is 1. The summed E-state index contributed by atoms with van der Waals surface area (Å²) in [6.07, 6.45) is 1.70. The van der Waals surface area contributed by atoms with E-state index in [1.54, 1.807) is 36.4 Å².